The van der Waals surface area contributed by atoms with Gasteiger partial charge in [-0.25, -0.2) is 0 Å². The third kappa shape index (κ3) is 5.11. The van der Waals surface area contributed by atoms with E-state index in [0.717, 1.165) is 17.7 Å². The highest BCUT2D eigenvalue weighted by molar-refractivity contribution is 7.80. The fourth-order valence-electron chi connectivity index (χ4n) is 2.93. The number of thiocarbonyl (C=S) groups is 1. The summed E-state index contributed by atoms with van der Waals surface area (Å²) in [5, 5.41) is 2.76. The number of methoxy groups -OCH3 is 1. The van der Waals surface area contributed by atoms with Crippen LogP contribution in [0.15, 0.2) is 29.3 Å². The molecule has 1 aliphatic rings. The van der Waals surface area contributed by atoms with Crippen LogP contribution in [-0.4, -0.2) is 62.3 Å². The predicted molar refractivity (Wildman–Crippen MR) is 108 cm³/mol. The molecule has 0 saturated carbocycles. The first kappa shape index (κ1) is 21.0. The summed E-state index contributed by atoms with van der Waals surface area (Å²) < 4.78 is 5.20. The number of ether oxygens (including phenoxy) is 1. The maximum absolute atomic E-state index is 12.6. The molecule has 2 N–H and O–H groups in total. The molecule has 7 nitrogen and oxygen atoms in total. The van der Waals surface area contributed by atoms with Gasteiger partial charge in [0.05, 0.1) is 27.7 Å². The van der Waals surface area contributed by atoms with E-state index < -0.39 is 11.8 Å². The number of likely N-dealkylation sites (N-methyl/N-ethyl adjacent to an activating group) is 1. The van der Waals surface area contributed by atoms with Gasteiger partial charge in [0.1, 0.15) is 11.8 Å². The average Bonchev–Trinajstić information content (AvgIpc) is 2.64. The van der Waals surface area contributed by atoms with Crippen LogP contribution in [0.3, 0.4) is 0 Å². The third-order valence-electron chi connectivity index (χ3n) is 4.49. The minimum Gasteiger partial charge on any atom is -0.497 e. The highest BCUT2D eigenvalue weighted by Gasteiger charge is 2.37. The molecule has 0 radical (unpaired) electrons. The van der Waals surface area contributed by atoms with Crippen LogP contribution in [0.1, 0.15) is 24.9 Å². The van der Waals surface area contributed by atoms with Gasteiger partial charge in [0, 0.05) is 18.3 Å². The summed E-state index contributed by atoms with van der Waals surface area (Å²) in [4.78, 5) is 31.8. The zero-order valence-electron chi connectivity index (χ0n) is 16.2. The number of benzene rings is 1. The van der Waals surface area contributed by atoms with Gasteiger partial charge in [0.15, 0.2) is 11.0 Å². The van der Waals surface area contributed by atoms with Crippen molar-refractivity contribution < 1.29 is 19.2 Å². The smallest absolute Gasteiger partial charge is 0.246 e. The Labute approximate surface area is 165 Å². The zero-order chi connectivity index (χ0) is 20.0. The van der Waals surface area contributed by atoms with Crippen LogP contribution >= 0.6 is 12.2 Å². The minimum absolute atomic E-state index is 0.0988. The quantitative estimate of drug-likeness (QED) is 0.378. The molecule has 1 aromatic rings. The van der Waals surface area contributed by atoms with Gasteiger partial charge in [-0.1, -0.05) is 6.92 Å². The summed E-state index contributed by atoms with van der Waals surface area (Å²) in [5.41, 5.74) is 1.11. The molecule has 1 fully saturated rings. The maximum Gasteiger partial charge on any atom is 0.246 e. The first-order valence-corrected chi connectivity index (χ1v) is 9.40. The fraction of sp³-hybridized carbons (Fsp3) is 0.474. The number of rotatable bonds is 8. The Hall–Kier alpha value is -2.32. The highest BCUT2D eigenvalue weighted by atomic mass is 32.1. The topological polar surface area (TPSA) is 75.4 Å². The third-order valence-corrected chi connectivity index (χ3v) is 4.82. The lowest BCUT2D eigenvalue weighted by Crippen LogP contribution is -3.06. The Morgan fingerprint density at radius 3 is 2.56 bits per heavy atom. The minimum atomic E-state index is -0.933. The Balaban J connectivity index is 2.11. The van der Waals surface area contributed by atoms with E-state index in [2.05, 4.69) is 10.3 Å². The molecular weight excluding hydrogens is 364 g/mol. The molecule has 0 aromatic heterocycles. The van der Waals surface area contributed by atoms with E-state index in [0.29, 0.717) is 13.1 Å². The molecule has 27 heavy (non-hydrogen) atoms. The maximum atomic E-state index is 12.6. The number of hydrogen-bond acceptors (Lipinski definition) is 5. The average molecular weight is 392 g/mol. The van der Waals surface area contributed by atoms with Crippen LogP contribution in [0.25, 0.3) is 0 Å². The van der Waals surface area contributed by atoms with Gasteiger partial charge in [0.2, 0.25) is 11.8 Å². The van der Waals surface area contributed by atoms with Crippen LogP contribution in [0.2, 0.25) is 0 Å². The lowest BCUT2D eigenvalue weighted by atomic mass is 10.0. The summed E-state index contributed by atoms with van der Waals surface area (Å²) in [6.07, 6.45) is 2.21. The summed E-state index contributed by atoms with van der Waals surface area (Å²) in [7, 11) is 5.72. The SMILES string of the molecule is CCCN1C(=O)[C@@H](C=NC[C@H](c2ccc(OC)cc2)[NH+](C)C)C(=O)NC1=S. The predicted octanol–water partition coefficient (Wildman–Crippen LogP) is 0.221. The van der Waals surface area contributed by atoms with Gasteiger partial charge < -0.3 is 15.0 Å². The van der Waals surface area contributed by atoms with Crippen LogP contribution in [-0.2, 0) is 9.59 Å². The molecule has 0 unspecified atom stereocenters. The number of nitrogens with zero attached hydrogens (tertiary/aromatic N) is 2. The molecule has 146 valence electrons. The molecule has 2 amide bonds. The lowest BCUT2D eigenvalue weighted by molar-refractivity contribution is -0.890. The van der Waals surface area contributed by atoms with Gasteiger partial charge in [-0.2, -0.15) is 0 Å². The largest absolute Gasteiger partial charge is 0.497 e. The Bertz CT molecular complexity index is 718. The van der Waals surface area contributed by atoms with Gasteiger partial charge >= 0.3 is 0 Å². The number of nitrogens with one attached hydrogen (secondary N) is 2. The molecule has 0 bridgehead atoms. The molecular formula is C19H27N4O3S+. The van der Waals surface area contributed by atoms with Crippen LogP contribution in [0, 0.1) is 5.92 Å². The number of quaternary nitrogens is 1. The Morgan fingerprint density at radius 1 is 1.33 bits per heavy atom. The first-order chi connectivity index (χ1) is 12.9. The van der Waals surface area contributed by atoms with E-state index in [4.69, 9.17) is 17.0 Å². The van der Waals surface area contributed by atoms with Crippen molar-refractivity contribution in [2.24, 2.45) is 10.9 Å². The van der Waals surface area contributed by atoms with Crippen molar-refractivity contribution in [2.75, 3.05) is 34.3 Å². The van der Waals surface area contributed by atoms with E-state index in [1.165, 1.54) is 16.0 Å². The Kier molecular flexibility index (Phi) is 7.44. The van der Waals surface area contributed by atoms with Gasteiger partial charge in [-0.05, 0) is 42.9 Å². The first-order valence-electron chi connectivity index (χ1n) is 8.99. The van der Waals surface area contributed by atoms with Crippen LogP contribution < -0.4 is 15.0 Å². The van der Waals surface area contributed by atoms with E-state index in [1.54, 1.807) is 7.11 Å². The zero-order valence-corrected chi connectivity index (χ0v) is 17.0. The van der Waals surface area contributed by atoms with Crippen molar-refractivity contribution in [3.05, 3.63) is 29.8 Å². The normalized spacial score (nSPS) is 18.9. The fourth-order valence-corrected chi connectivity index (χ4v) is 3.21. The molecule has 1 saturated heterocycles. The molecule has 2 atom stereocenters. The van der Waals surface area contributed by atoms with Crippen molar-refractivity contribution in [3.8, 4) is 5.75 Å². The monoisotopic (exact) mass is 391 g/mol. The van der Waals surface area contributed by atoms with Crippen molar-refractivity contribution >= 4 is 35.4 Å². The van der Waals surface area contributed by atoms with Crippen molar-refractivity contribution in [1.82, 2.24) is 10.2 Å². The van der Waals surface area contributed by atoms with Crippen molar-refractivity contribution in [3.63, 3.8) is 0 Å². The number of hydrogen-bond donors (Lipinski definition) is 2. The summed E-state index contributed by atoms with van der Waals surface area (Å²) in [5.74, 6) is -0.866. The molecule has 1 heterocycles. The molecule has 0 aliphatic carbocycles. The standard InChI is InChI=1S/C19H26N4O3S/c1-5-10-23-18(25)15(17(24)21-19(23)27)11-20-12-16(22(2)3)13-6-8-14(26-4)9-7-13/h6-9,11,15-16H,5,10,12H2,1-4H3,(H,21,24,27)/p+1/t15-,16+/m0/s1. The number of amides is 2. The second-order valence-electron chi connectivity index (χ2n) is 6.68. The second-order valence-corrected chi connectivity index (χ2v) is 7.07. The molecule has 1 aromatic carbocycles. The number of carbonyl (C=O) groups is 2. The van der Waals surface area contributed by atoms with Crippen molar-refractivity contribution in [2.45, 2.75) is 19.4 Å². The summed E-state index contributed by atoms with van der Waals surface area (Å²) in [6, 6.07) is 7.94. The second kappa shape index (κ2) is 9.57. The highest BCUT2D eigenvalue weighted by Crippen LogP contribution is 2.16. The van der Waals surface area contributed by atoms with Crippen LogP contribution in [0.5, 0.6) is 5.75 Å². The lowest BCUT2D eigenvalue weighted by Gasteiger charge is -2.30. The molecule has 2 rings (SSSR count). The van der Waals surface area contributed by atoms with E-state index in [1.807, 2.05) is 45.3 Å². The molecule has 0 spiro atoms. The van der Waals surface area contributed by atoms with E-state index in [9.17, 15) is 9.59 Å². The summed E-state index contributed by atoms with van der Waals surface area (Å²) in [6.45, 7) is 2.90. The van der Waals surface area contributed by atoms with Crippen molar-refractivity contribution in [1.29, 1.82) is 0 Å². The number of carbonyl (C=O) groups excluding carboxylic acids is 2. The van der Waals surface area contributed by atoms with Gasteiger partial charge in [0.25, 0.3) is 0 Å². The van der Waals surface area contributed by atoms with Gasteiger partial charge in [-0.15, -0.1) is 0 Å². The molecule has 1 aliphatic heterocycles. The summed E-state index contributed by atoms with van der Waals surface area (Å²) >= 11 is 5.09. The van der Waals surface area contributed by atoms with Crippen LogP contribution in [0.4, 0.5) is 0 Å². The number of aliphatic imine (C=N–C) groups is 1. The molecule has 8 heteroatoms. The van der Waals surface area contributed by atoms with E-state index in [-0.39, 0.29) is 17.1 Å². The van der Waals surface area contributed by atoms with Gasteiger partial charge in [-0.3, -0.25) is 19.5 Å². The van der Waals surface area contributed by atoms with E-state index >= 15 is 0 Å². The Morgan fingerprint density at radius 2 is 2.00 bits per heavy atom.